The van der Waals surface area contributed by atoms with Crippen molar-refractivity contribution in [1.82, 2.24) is 4.90 Å². The summed E-state index contributed by atoms with van der Waals surface area (Å²) in [5.41, 5.74) is 7.42. The monoisotopic (exact) mass is 299 g/mol. The van der Waals surface area contributed by atoms with Crippen LogP contribution in [0.2, 0.25) is 0 Å². The molecule has 1 rings (SSSR count). The fourth-order valence-electron chi connectivity index (χ4n) is 2.08. The third-order valence-electron chi connectivity index (χ3n) is 3.18. The molecule has 1 aromatic carbocycles. The van der Waals surface area contributed by atoms with Crippen molar-refractivity contribution >= 4 is 21.2 Å². The predicted octanol–water partition coefficient (Wildman–Crippen LogP) is 1.45. The van der Waals surface area contributed by atoms with Gasteiger partial charge in [0.25, 0.3) is 0 Å². The second kappa shape index (κ2) is 6.95. The molecular weight excluding hydrogens is 274 g/mol. The molecule has 114 valence electrons. The molecule has 20 heavy (non-hydrogen) atoms. The molecule has 0 heterocycles. The lowest BCUT2D eigenvalue weighted by molar-refractivity contribution is 0.400. The Hall–Kier alpha value is -1.27. The van der Waals surface area contributed by atoms with Gasteiger partial charge in [-0.1, -0.05) is 0 Å². The Morgan fingerprint density at radius 1 is 1.20 bits per heavy atom. The molecule has 1 aromatic rings. The second-order valence-electron chi connectivity index (χ2n) is 5.23. The van der Waals surface area contributed by atoms with E-state index in [2.05, 4.69) is 16.7 Å². The summed E-state index contributed by atoms with van der Waals surface area (Å²) >= 11 is 0. The van der Waals surface area contributed by atoms with Crippen molar-refractivity contribution in [2.45, 2.75) is 18.2 Å². The summed E-state index contributed by atoms with van der Waals surface area (Å²) in [6.45, 7) is 4.82. The molecule has 2 N–H and O–H groups in total. The smallest absolute Gasteiger partial charge is 0.175 e. The number of nitrogens with zero attached hydrogens (tertiary/aromatic N) is 2. The van der Waals surface area contributed by atoms with Gasteiger partial charge in [0.1, 0.15) is 0 Å². The lowest BCUT2D eigenvalue weighted by Gasteiger charge is -2.25. The van der Waals surface area contributed by atoms with Gasteiger partial charge in [0.15, 0.2) is 9.84 Å². The van der Waals surface area contributed by atoms with E-state index in [9.17, 15) is 8.42 Å². The molecule has 0 bridgehead atoms. The molecule has 0 saturated heterocycles. The predicted molar refractivity (Wildman–Crippen MR) is 85.0 cm³/mol. The van der Waals surface area contributed by atoms with Crippen LogP contribution in [0.15, 0.2) is 23.1 Å². The number of hydrogen-bond donors (Lipinski definition) is 1. The van der Waals surface area contributed by atoms with Crippen molar-refractivity contribution in [1.29, 1.82) is 0 Å². The first kappa shape index (κ1) is 16.8. The number of nitrogens with two attached hydrogens (primary N) is 1. The van der Waals surface area contributed by atoms with Gasteiger partial charge < -0.3 is 15.5 Å². The van der Waals surface area contributed by atoms with Gasteiger partial charge in [-0.3, -0.25) is 0 Å². The van der Waals surface area contributed by atoms with Gasteiger partial charge in [-0.2, -0.15) is 0 Å². The van der Waals surface area contributed by atoms with Crippen LogP contribution in [0.4, 0.5) is 11.4 Å². The highest BCUT2D eigenvalue weighted by atomic mass is 32.2. The van der Waals surface area contributed by atoms with Crippen LogP contribution in [-0.2, 0) is 9.84 Å². The quantitative estimate of drug-likeness (QED) is 0.772. The minimum Gasteiger partial charge on any atom is -0.397 e. The topological polar surface area (TPSA) is 66.6 Å². The largest absolute Gasteiger partial charge is 0.397 e. The number of hydrogen-bond acceptors (Lipinski definition) is 5. The van der Waals surface area contributed by atoms with Gasteiger partial charge in [0.05, 0.1) is 16.3 Å². The van der Waals surface area contributed by atoms with E-state index in [1.54, 1.807) is 18.2 Å². The molecule has 0 unspecified atom stereocenters. The third kappa shape index (κ3) is 4.68. The number of rotatable bonds is 7. The number of sulfone groups is 1. The maximum Gasteiger partial charge on any atom is 0.175 e. The fraction of sp³-hybridized carbons (Fsp3) is 0.571. The van der Waals surface area contributed by atoms with E-state index in [0.717, 1.165) is 31.7 Å². The number of nitrogen functional groups attached to an aromatic ring is 1. The van der Waals surface area contributed by atoms with Crippen LogP contribution in [0, 0.1) is 0 Å². The van der Waals surface area contributed by atoms with Crippen LogP contribution in [0.3, 0.4) is 0 Å². The molecule has 0 spiro atoms. The van der Waals surface area contributed by atoms with Crippen LogP contribution in [0.25, 0.3) is 0 Å². The molecule has 0 radical (unpaired) electrons. The standard InChI is InChI=1S/C14H25N3O2S/c1-5-17(10-6-9-16(2)3)14-8-7-12(11-13(14)15)20(4,18)19/h7-8,11H,5-6,9-10,15H2,1-4H3. The van der Waals surface area contributed by atoms with E-state index in [4.69, 9.17) is 5.73 Å². The molecule has 0 amide bonds. The second-order valence-corrected chi connectivity index (χ2v) is 7.25. The molecule has 0 aromatic heterocycles. The maximum absolute atomic E-state index is 11.5. The van der Waals surface area contributed by atoms with Crippen molar-refractivity contribution < 1.29 is 8.42 Å². The zero-order chi connectivity index (χ0) is 15.3. The Bertz CT molecular complexity index is 541. The van der Waals surface area contributed by atoms with E-state index in [1.165, 1.54) is 6.26 Å². The van der Waals surface area contributed by atoms with Gasteiger partial charge in [0, 0.05) is 19.3 Å². The number of anilines is 2. The van der Waals surface area contributed by atoms with E-state index in [0.29, 0.717) is 5.69 Å². The van der Waals surface area contributed by atoms with E-state index >= 15 is 0 Å². The summed E-state index contributed by atoms with van der Waals surface area (Å²) in [4.78, 5) is 4.58. The molecule has 6 heteroatoms. The van der Waals surface area contributed by atoms with Gasteiger partial charge in [-0.25, -0.2) is 8.42 Å². The fourth-order valence-corrected chi connectivity index (χ4v) is 2.73. The highest BCUT2D eigenvalue weighted by molar-refractivity contribution is 7.90. The average molecular weight is 299 g/mol. The van der Waals surface area contributed by atoms with Gasteiger partial charge >= 0.3 is 0 Å². The summed E-state index contributed by atoms with van der Waals surface area (Å²) in [6, 6.07) is 4.96. The van der Waals surface area contributed by atoms with Crippen molar-refractivity contribution in [2.75, 3.05) is 50.6 Å². The van der Waals surface area contributed by atoms with E-state index < -0.39 is 9.84 Å². The van der Waals surface area contributed by atoms with Crippen molar-refractivity contribution in [2.24, 2.45) is 0 Å². The molecule has 0 saturated carbocycles. The molecule has 5 nitrogen and oxygen atoms in total. The Morgan fingerprint density at radius 3 is 2.30 bits per heavy atom. The first-order chi connectivity index (χ1) is 9.25. The minimum absolute atomic E-state index is 0.267. The van der Waals surface area contributed by atoms with Gasteiger partial charge in [-0.05, 0) is 52.2 Å². The minimum atomic E-state index is -3.21. The zero-order valence-electron chi connectivity index (χ0n) is 12.8. The SMILES string of the molecule is CCN(CCCN(C)C)c1ccc(S(C)(=O)=O)cc1N. The lowest BCUT2D eigenvalue weighted by atomic mass is 10.2. The summed E-state index contributed by atoms with van der Waals surface area (Å²) in [6.07, 6.45) is 2.23. The number of benzene rings is 1. The van der Waals surface area contributed by atoms with Crippen LogP contribution >= 0.6 is 0 Å². The molecule has 0 aliphatic carbocycles. The molecule has 0 aliphatic heterocycles. The van der Waals surface area contributed by atoms with Crippen LogP contribution < -0.4 is 10.6 Å². The van der Waals surface area contributed by atoms with Crippen molar-refractivity contribution in [3.63, 3.8) is 0 Å². The normalized spacial score (nSPS) is 11.8. The molecular formula is C14H25N3O2S. The van der Waals surface area contributed by atoms with Crippen LogP contribution in [-0.4, -0.2) is 53.3 Å². The van der Waals surface area contributed by atoms with E-state index in [1.807, 2.05) is 14.1 Å². The van der Waals surface area contributed by atoms with Crippen LogP contribution in [0.5, 0.6) is 0 Å². The van der Waals surface area contributed by atoms with Gasteiger partial charge in [0.2, 0.25) is 0 Å². The maximum atomic E-state index is 11.5. The Balaban J connectivity index is 2.88. The first-order valence-electron chi connectivity index (χ1n) is 6.75. The third-order valence-corrected chi connectivity index (χ3v) is 4.29. The Morgan fingerprint density at radius 2 is 1.85 bits per heavy atom. The van der Waals surface area contributed by atoms with Crippen molar-refractivity contribution in [3.05, 3.63) is 18.2 Å². The highest BCUT2D eigenvalue weighted by Gasteiger charge is 2.13. The van der Waals surface area contributed by atoms with Crippen LogP contribution in [0.1, 0.15) is 13.3 Å². The molecule has 0 fully saturated rings. The Labute approximate surface area is 122 Å². The zero-order valence-corrected chi connectivity index (χ0v) is 13.6. The summed E-state index contributed by atoms with van der Waals surface area (Å²) in [5.74, 6) is 0. The van der Waals surface area contributed by atoms with E-state index in [-0.39, 0.29) is 4.90 Å². The summed E-state index contributed by atoms with van der Waals surface area (Å²) < 4.78 is 23.0. The summed E-state index contributed by atoms with van der Waals surface area (Å²) in [7, 11) is 0.886. The average Bonchev–Trinajstić information content (AvgIpc) is 2.34. The molecule has 0 atom stereocenters. The highest BCUT2D eigenvalue weighted by Crippen LogP contribution is 2.26. The Kier molecular flexibility index (Phi) is 5.83. The first-order valence-corrected chi connectivity index (χ1v) is 8.64. The molecule has 0 aliphatic rings. The van der Waals surface area contributed by atoms with Crippen molar-refractivity contribution in [3.8, 4) is 0 Å². The van der Waals surface area contributed by atoms with Gasteiger partial charge in [-0.15, -0.1) is 0 Å². The summed E-state index contributed by atoms with van der Waals surface area (Å²) in [5, 5.41) is 0. The lowest BCUT2D eigenvalue weighted by Crippen LogP contribution is -2.27.